The van der Waals surface area contributed by atoms with Crippen LogP contribution in [0, 0.1) is 11.3 Å². The highest BCUT2D eigenvalue weighted by Crippen LogP contribution is 2.40. The standard InChI is InChI=1S/C22H22N4O5/c1-29-18-11-20-19(30-14-31-20)10-17(18)24-21(27)13-25-5-7-26(8-6-25)22(28)16-4-2-3-15(9-16)12-23/h2-4,9-11H,5-8,13-14H2,1H3,(H,24,27). The zero-order valence-corrected chi connectivity index (χ0v) is 17.1. The molecule has 4 rings (SSSR count). The van der Waals surface area contributed by atoms with E-state index in [4.69, 9.17) is 19.5 Å². The monoisotopic (exact) mass is 422 g/mol. The van der Waals surface area contributed by atoms with Gasteiger partial charge in [0, 0.05) is 43.9 Å². The Morgan fingerprint density at radius 2 is 1.87 bits per heavy atom. The molecule has 0 atom stereocenters. The minimum Gasteiger partial charge on any atom is -0.494 e. The molecule has 2 amide bonds. The van der Waals surface area contributed by atoms with Crippen LogP contribution in [0.4, 0.5) is 5.69 Å². The summed E-state index contributed by atoms with van der Waals surface area (Å²) in [4.78, 5) is 29.0. The molecule has 31 heavy (non-hydrogen) atoms. The second kappa shape index (κ2) is 8.93. The van der Waals surface area contributed by atoms with Gasteiger partial charge in [0.25, 0.3) is 5.91 Å². The first-order valence-electron chi connectivity index (χ1n) is 9.86. The number of carbonyl (C=O) groups is 2. The van der Waals surface area contributed by atoms with E-state index in [1.165, 1.54) is 7.11 Å². The summed E-state index contributed by atoms with van der Waals surface area (Å²) in [5, 5.41) is 11.9. The molecule has 0 saturated carbocycles. The molecular weight excluding hydrogens is 400 g/mol. The summed E-state index contributed by atoms with van der Waals surface area (Å²) in [6.45, 7) is 2.51. The molecule has 1 N–H and O–H groups in total. The fourth-order valence-electron chi connectivity index (χ4n) is 3.60. The van der Waals surface area contributed by atoms with Crippen LogP contribution in [0.1, 0.15) is 15.9 Å². The minimum absolute atomic E-state index is 0.105. The van der Waals surface area contributed by atoms with Crippen LogP contribution in [0.25, 0.3) is 0 Å². The van der Waals surface area contributed by atoms with Gasteiger partial charge in [-0.05, 0) is 18.2 Å². The van der Waals surface area contributed by atoms with E-state index in [0.717, 1.165) is 0 Å². The van der Waals surface area contributed by atoms with Crippen LogP contribution in [0.3, 0.4) is 0 Å². The number of carbonyl (C=O) groups excluding carboxylic acids is 2. The molecule has 2 aliphatic heterocycles. The van der Waals surface area contributed by atoms with Crippen molar-refractivity contribution in [2.75, 3.05) is 51.9 Å². The van der Waals surface area contributed by atoms with Crippen molar-refractivity contribution in [2.24, 2.45) is 0 Å². The Balaban J connectivity index is 1.31. The number of fused-ring (bicyclic) bond motifs is 1. The van der Waals surface area contributed by atoms with Gasteiger partial charge in [0.05, 0.1) is 31.0 Å². The Bertz CT molecular complexity index is 1040. The summed E-state index contributed by atoms with van der Waals surface area (Å²) >= 11 is 0. The number of piperazine rings is 1. The molecule has 1 saturated heterocycles. The number of hydrogen-bond donors (Lipinski definition) is 1. The highest BCUT2D eigenvalue weighted by atomic mass is 16.7. The molecule has 0 aliphatic carbocycles. The minimum atomic E-state index is -0.182. The van der Waals surface area contributed by atoms with Gasteiger partial charge in [-0.1, -0.05) is 6.07 Å². The second-order valence-corrected chi connectivity index (χ2v) is 7.21. The number of rotatable bonds is 5. The van der Waals surface area contributed by atoms with E-state index in [2.05, 4.69) is 5.32 Å². The molecule has 2 heterocycles. The molecule has 160 valence electrons. The van der Waals surface area contributed by atoms with E-state index >= 15 is 0 Å². The number of amides is 2. The van der Waals surface area contributed by atoms with Gasteiger partial charge in [0.15, 0.2) is 11.5 Å². The van der Waals surface area contributed by atoms with Crippen LogP contribution >= 0.6 is 0 Å². The molecule has 9 heteroatoms. The number of nitrogens with zero attached hydrogens (tertiary/aromatic N) is 3. The van der Waals surface area contributed by atoms with Crippen LogP contribution in [-0.4, -0.2) is 68.2 Å². The van der Waals surface area contributed by atoms with Crippen molar-refractivity contribution < 1.29 is 23.8 Å². The SMILES string of the molecule is COc1cc2c(cc1NC(=O)CN1CCN(C(=O)c3cccc(C#N)c3)CC1)OCO2. The molecule has 2 aromatic rings. The summed E-state index contributed by atoms with van der Waals surface area (Å²) in [7, 11) is 1.52. The average Bonchev–Trinajstić information content (AvgIpc) is 3.25. The Morgan fingerprint density at radius 1 is 1.13 bits per heavy atom. The summed E-state index contributed by atoms with van der Waals surface area (Å²) in [5.74, 6) is 1.34. The number of hydrogen-bond acceptors (Lipinski definition) is 7. The van der Waals surface area contributed by atoms with Gasteiger partial charge in [0.2, 0.25) is 12.7 Å². The van der Waals surface area contributed by atoms with E-state index in [1.54, 1.807) is 41.3 Å². The first kappa shape index (κ1) is 20.5. The third kappa shape index (κ3) is 4.54. The van der Waals surface area contributed by atoms with Crippen molar-refractivity contribution in [1.82, 2.24) is 9.80 Å². The van der Waals surface area contributed by atoms with E-state index in [9.17, 15) is 9.59 Å². The third-order valence-corrected chi connectivity index (χ3v) is 5.23. The van der Waals surface area contributed by atoms with Crippen molar-refractivity contribution >= 4 is 17.5 Å². The van der Waals surface area contributed by atoms with Crippen LogP contribution in [0.2, 0.25) is 0 Å². The average molecular weight is 422 g/mol. The maximum absolute atomic E-state index is 12.7. The van der Waals surface area contributed by atoms with Crippen LogP contribution < -0.4 is 19.5 Å². The molecule has 0 bridgehead atoms. The summed E-state index contributed by atoms with van der Waals surface area (Å²) in [6.07, 6.45) is 0. The van der Waals surface area contributed by atoms with Gasteiger partial charge in [-0.15, -0.1) is 0 Å². The predicted molar refractivity (Wildman–Crippen MR) is 111 cm³/mol. The first-order chi connectivity index (χ1) is 15.1. The number of benzene rings is 2. The van der Waals surface area contributed by atoms with Gasteiger partial charge in [-0.25, -0.2) is 0 Å². The molecule has 2 aromatic carbocycles. The maximum Gasteiger partial charge on any atom is 0.253 e. The molecule has 0 radical (unpaired) electrons. The highest BCUT2D eigenvalue weighted by Gasteiger charge is 2.24. The fourth-order valence-corrected chi connectivity index (χ4v) is 3.60. The topological polar surface area (TPSA) is 104 Å². The van der Waals surface area contributed by atoms with Crippen LogP contribution in [0.15, 0.2) is 36.4 Å². The summed E-state index contributed by atoms with van der Waals surface area (Å²) < 4.78 is 16.0. The van der Waals surface area contributed by atoms with Crippen molar-refractivity contribution in [1.29, 1.82) is 5.26 Å². The first-order valence-corrected chi connectivity index (χ1v) is 9.86. The largest absolute Gasteiger partial charge is 0.494 e. The van der Waals surface area contributed by atoms with Gasteiger partial charge in [-0.2, -0.15) is 5.26 Å². The second-order valence-electron chi connectivity index (χ2n) is 7.21. The number of methoxy groups -OCH3 is 1. The van der Waals surface area contributed by atoms with E-state index in [1.807, 2.05) is 11.0 Å². The Hall–Kier alpha value is -3.77. The van der Waals surface area contributed by atoms with Crippen molar-refractivity contribution in [3.8, 4) is 23.3 Å². The molecule has 9 nitrogen and oxygen atoms in total. The molecule has 0 aromatic heterocycles. The number of nitriles is 1. The number of ether oxygens (including phenoxy) is 3. The van der Waals surface area contributed by atoms with Crippen molar-refractivity contribution in [3.05, 3.63) is 47.5 Å². The molecule has 0 unspecified atom stereocenters. The molecule has 2 aliphatic rings. The van der Waals surface area contributed by atoms with E-state index in [-0.39, 0.29) is 25.2 Å². The maximum atomic E-state index is 12.7. The Morgan fingerprint density at radius 3 is 2.58 bits per heavy atom. The number of nitrogens with one attached hydrogen (secondary N) is 1. The normalized spacial score (nSPS) is 15.3. The lowest BCUT2D eigenvalue weighted by atomic mass is 10.1. The van der Waals surface area contributed by atoms with Crippen molar-refractivity contribution in [3.63, 3.8) is 0 Å². The van der Waals surface area contributed by atoms with Gasteiger partial charge >= 0.3 is 0 Å². The van der Waals surface area contributed by atoms with Gasteiger partial charge in [-0.3, -0.25) is 14.5 Å². The lowest BCUT2D eigenvalue weighted by Crippen LogP contribution is -2.50. The zero-order chi connectivity index (χ0) is 21.8. The third-order valence-electron chi connectivity index (χ3n) is 5.23. The van der Waals surface area contributed by atoms with Crippen LogP contribution in [-0.2, 0) is 4.79 Å². The summed E-state index contributed by atoms with van der Waals surface area (Å²) in [5.41, 5.74) is 1.48. The molecule has 1 fully saturated rings. The lowest BCUT2D eigenvalue weighted by Gasteiger charge is -2.34. The quantitative estimate of drug-likeness (QED) is 0.782. The van der Waals surface area contributed by atoms with Gasteiger partial charge in [0.1, 0.15) is 5.75 Å². The lowest BCUT2D eigenvalue weighted by molar-refractivity contribution is -0.117. The summed E-state index contributed by atoms with van der Waals surface area (Å²) in [6, 6.07) is 12.1. The predicted octanol–water partition coefficient (Wildman–Crippen LogP) is 1.69. The van der Waals surface area contributed by atoms with E-state index < -0.39 is 0 Å². The Labute approximate surface area is 179 Å². The fraction of sp³-hybridized carbons (Fsp3) is 0.318. The van der Waals surface area contributed by atoms with Crippen LogP contribution in [0.5, 0.6) is 17.2 Å². The molecule has 0 spiro atoms. The van der Waals surface area contributed by atoms with Gasteiger partial charge < -0.3 is 24.4 Å². The Kier molecular flexibility index (Phi) is 5.91. The smallest absolute Gasteiger partial charge is 0.253 e. The zero-order valence-electron chi connectivity index (χ0n) is 17.1. The van der Waals surface area contributed by atoms with Crippen molar-refractivity contribution in [2.45, 2.75) is 0 Å². The van der Waals surface area contributed by atoms with E-state index in [0.29, 0.717) is 60.2 Å². The highest BCUT2D eigenvalue weighted by molar-refractivity contribution is 5.95. The number of anilines is 1. The molecular formula is C22H22N4O5.